The Morgan fingerprint density at radius 3 is 2.65 bits per heavy atom. The van der Waals surface area contributed by atoms with E-state index in [1.54, 1.807) is 18.3 Å². The molecule has 2 unspecified atom stereocenters. The van der Waals surface area contributed by atoms with Crippen molar-refractivity contribution in [1.82, 2.24) is 9.99 Å². The summed E-state index contributed by atoms with van der Waals surface area (Å²) in [6, 6.07) is 19.0. The van der Waals surface area contributed by atoms with Crippen molar-refractivity contribution in [3.8, 4) is 0 Å². The average Bonchev–Trinajstić information content (AvgIpc) is 3.14. The number of anilines is 1. The number of halogens is 1. The van der Waals surface area contributed by atoms with Crippen LogP contribution in [0.5, 0.6) is 0 Å². The molecule has 2 atom stereocenters. The van der Waals surface area contributed by atoms with Crippen molar-refractivity contribution < 1.29 is 4.39 Å². The van der Waals surface area contributed by atoms with Gasteiger partial charge in [-0.25, -0.2) is 4.39 Å². The van der Waals surface area contributed by atoms with E-state index in [1.807, 2.05) is 18.3 Å². The summed E-state index contributed by atoms with van der Waals surface area (Å²) in [6.07, 6.45) is 4.35. The molecule has 0 radical (unpaired) electrons. The number of fused-ring (bicyclic) bond motifs is 3. The maximum Gasteiger partial charge on any atom is 0.144 e. The van der Waals surface area contributed by atoms with Crippen LogP contribution in [0.25, 0.3) is 0 Å². The van der Waals surface area contributed by atoms with Crippen LogP contribution < -0.4 is 5.32 Å². The van der Waals surface area contributed by atoms with Gasteiger partial charge >= 0.3 is 0 Å². The fraction of sp³-hybridized carbons (Fsp3) is 0.143. The largest absolute Gasteiger partial charge is 0.360 e. The van der Waals surface area contributed by atoms with E-state index in [0.29, 0.717) is 0 Å². The Morgan fingerprint density at radius 1 is 1.00 bits per heavy atom. The molecule has 0 aliphatic carbocycles. The summed E-state index contributed by atoms with van der Waals surface area (Å²) in [5, 5.41) is 10.6. The van der Waals surface area contributed by atoms with Crippen molar-refractivity contribution >= 4 is 11.4 Å². The first-order chi connectivity index (χ1) is 12.8. The van der Waals surface area contributed by atoms with Gasteiger partial charge in [0.2, 0.25) is 0 Å². The molecule has 1 N–H and O–H groups in total. The number of aromatic nitrogens is 1. The van der Waals surface area contributed by atoms with Gasteiger partial charge in [-0.1, -0.05) is 36.4 Å². The fourth-order valence-electron chi connectivity index (χ4n) is 3.74. The molecule has 0 saturated carbocycles. The van der Waals surface area contributed by atoms with Crippen LogP contribution in [0.1, 0.15) is 35.3 Å². The first kappa shape index (κ1) is 15.1. The lowest BCUT2D eigenvalue weighted by Crippen LogP contribution is -2.35. The second-order valence-electron chi connectivity index (χ2n) is 6.57. The number of rotatable bonds is 2. The number of para-hydroxylation sites is 1. The lowest BCUT2D eigenvalue weighted by Gasteiger charge is -2.39. The van der Waals surface area contributed by atoms with Crippen LogP contribution in [0.4, 0.5) is 10.1 Å². The molecule has 2 aliphatic heterocycles. The third-order valence-electron chi connectivity index (χ3n) is 5.00. The van der Waals surface area contributed by atoms with Gasteiger partial charge in [-0.2, -0.15) is 5.10 Å². The zero-order valence-electron chi connectivity index (χ0n) is 14.0. The zero-order chi connectivity index (χ0) is 17.5. The number of hydrogen-bond donors (Lipinski definition) is 1. The Morgan fingerprint density at radius 2 is 1.85 bits per heavy atom. The highest BCUT2D eigenvalue weighted by molar-refractivity contribution is 6.02. The first-order valence-electron chi connectivity index (χ1n) is 8.67. The highest BCUT2D eigenvalue weighted by Gasteiger charge is 2.39. The van der Waals surface area contributed by atoms with E-state index in [4.69, 9.17) is 5.10 Å². The summed E-state index contributed by atoms with van der Waals surface area (Å²) < 4.78 is 13.3. The molecule has 0 spiro atoms. The topological polar surface area (TPSA) is 40.5 Å². The van der Waals surface area contributed by atoms with Crippen LogP contribution in [-0.4, -0.2) is 15.7 Å². The molecule has 26 heavy (non-hydrogen) atoms. The van der Waals surface area contributed by atoms with E-state index < -0.39 is 0 Å². The number of nitrogens with one attached hydrogen (secondary N) is 1. The van der Waals surface area contributed by atoms with Gasteiger partial charge in [0.1, 0.15) is 12.0 Å². The smallest absolute Gasteiger partial charge is 0.144 e. The van der Waals surface area contributed by atoms with E-state index in [9.17, 15) is 4.39 Å². The van der Waals surface area contributed by atoms with Gasteiger partial charge in [0, 0.05) is 30.1 Å². The predicted molar refractivity (Wildman–Crippen MR) is 99.2 cm³/mol. The highest BCUT2D eigenvalue weighted by atomic mass is 19.1. The summed E-state index contributed by atoms with van der Waals surface area (Å²) >= 11 is 0. The quantitative estimate of drug-likeness (QED) is 0.744. The van der Waals surface area contributed by atoms with Crippen molar-refractivity contribution in [2.24, 2.45) is 5.10 Å². The zero-order valence-corrected chi connectivity index (χ0v) is 14.0. The summed E-state index contributed by atoms with van der Waals surface area (Å²) in [7, 11) is 0. The van der Waals surface area contributed by atoms with E-state index in [0.717, 1.165) is 28.9 Å². The minimum Gasteiger partial charge on any atom is -0.360 e. The summed E-state index contributed by atoms with van der Waals surface area (Å²) in [6.45, 7) is 0. The number of hydrogen-bond acceptors (Lipinski definition) is 4. The molecule has 2 aliphatic rings. The minimum atomic E-state index is -0.231. The highest BCUT2D eigenvalue weighted by Crippen LogP contribution is 2.45. The van der Waals surface area contributed by atoms with Crippen molar-refractivity contribution in [2.75, 3.05) is 5.32 Å². The van der Waals surface area contributed by atoms with Crippen LogP contribution in [0.2, 0.25) is 0 Å². The third kappa shape index (κ3) is 2.44. The summed E-state index contributed by atoms with van der Waals surface area (Å²) in [4.78, 5) is 4.26. The molecule has 0 fully saturated rings. The van der Waals surface area contributed by atoms with Crippen molar-refractivity contribution in [3.05, 3.63) is 95.6 Å². The molecule has 0 amide bonds. The van der Waals surface area contributed by atoms with E-state index >= 15 is 0 Å². The molecule has 1 aromatic heterocycles. The van der Waals surface area contributed by atoms with Crippen LogP contribution in [0, 0.1) is 5.82 Å². The SMILES string of the molecule is Fc1ccc(C2=NN3C(C2)c2ccccc2NC3c2cccnc2)cc1. The minimum absolute atomic E-state index is 0.0819. The molecular formula is C21H17FN4. The lowest BCUT2D eigenvalue weighted by atomic mass is 9.94. The second-order valence-corrected chi connectivity index (χ2v) is 6.57. The molecule has 2 aromatic carbocycles. The van der Waals surface area contributed by atoms with Crippen molar-refractivity contribution in [3.63, 3.8) is 0 Å². The average molecular weight is 344 g/mol. The van der Waals surface area contributed by atoms with E-state index in [1.165, 1.54) is 17.7 Å². The van der Waals surface area contributed by atoms with Gasteiger partial charge in [-0.3, -0.25) is 9.99 Å². The normalized spacial score (nSPS) is 20.8. The van der Waals surface area contributed by atoms with Gasteiger partial charge in [-0.05, 0) is 35.4 Å². The van der Waals surface area contributed by atoms with Crippen LogP contribution in [0.3, 0.4) is 0 Å². The van der Waals surface area contributed by atoms with Gasteiger partial charge in [0.05, 0.1) is 11.8 Å². The van der Waals surface area contributed by atoms with E-state index in [2.05, 4.69) is 39.6 Å². The van der Waals surface area contributed by atoms with Crippen molar-refractivity contribution in [1.29, 1.82) is 0 Å². The summed E-state index contributed by atoms with van der Waals surface area (Å²) in [5.74, 6) is -0.231. The standard InChI is InChI=1S/C21H17FN4/c22-16-9-7-14(8-10-16)19-12-20-17-5-1-2-6-18(17)24-21(26(20)25-19)15-4-3-11-23-13-15/h1-11,13,20-21,24H,12H2. The van der Waals surface area contributed by atoms with Crippen LogP contribution >= 0.6 is 0 Å². The van der Waals surface area contributed by atoms with Crippen LogP contribution in [-0.2, 0) is 0 Å². The van der Waals surface area contributed by atoms with Gasteiger partial charge in [-0.15, -0.1) is 0 Å². The fourth-order valence-corrected chi connectivity index (χ4v) is 3.74. The van der Waals surface area contributed by atoms with Gasteiger partial charge in [0.15, 0.2) is 0 Å². The maximum absolute atomic E-state index is 13.3. The Kier molecular flexibility index (Phi) is 3.45. The predicted octanol–water partition coefficient (Wildman–Crippen LogP) is 4.50. The van der Waals surface area contributed by atoms with Gasteiger partial charge in [0.25, 0.3) is 0 Å². The maximum atomic E-state index is 13.3. The third-order valence-corrected chi connectivity index (χ3v) is 5.00. The monoisotopic (exact) mass is 344 g/mol. The molecule has 0 bridgehead atoms. The summed E-state index contributed by atoms with van der Waals surface area (Å²) in [5.41, 5.74) is 5.35. The van der Waals surface area contributed by atoms with E-state index in [-0.39, 0.29) is 18.0 Å². The second kappa shape index (κ2) is 5.95. The number of benzene rings is 2. The lowest BCUT2D eigenvalue weighted by molar-refractivity contribution is 0.169. The van der Waals surface area contributed by atoms with Crippen LogP contribution in [0.15, 0.2) is 78.2 Å². The Labute approximate surface area is 151 Å². The number of hydrazone groups is 1. The molecule has 128 valence electrons. The molecule has 5 rings (SSSR count). The molecule has 0 saturated heterocycles. The Balaban J connectivity index is 1.59. The molecule has 3 heterocycles. The Hall–Kier alpha value is -3.21. The molecule has 4 nitrogen and oxygen atoms in total. The van der Waals surface area contributed by atoms with Crippen molar-refractivity contribution in [2.45, 2.75) is 18.6 Å². The number of pyridine rings is 1. The molecule has 5 heteroatoms. The molecular weight excluding hydrogens is 327 g/mol. The molecule has 3 aromatic rings. The Bertz CT molecular complexity index is 969. The number of nitrogens with zero attached hydrogens (tertiary/aromatic N) is 3. The van der Waals surface area contributed by atoms with Gasteiger partial charge < -0.3 is 5.32 Å². The first-order valence-corrected chi connectivity index (χ1v) is 8.67.